The van der Waals surface area contributed by atoms with E-state index in [1.807, 2.05) is 12.1 Å². The van der Waals surface area contributed by atoms with Crippen LogP contribution in [0.4, 0.5) is 5.82 Å². The second kappa shape index (κ2) is 6.60. The van der Waals surface area contributed by atoms with Gasteiger partial charge in [0.25, 0.3) is 0 Å². The first kappa shape index (κ1) is 16.7. The largest absolute Gasteiger partial charge is 0.390 e. The van der Waals surface area contributed by atoms with Crippen LogP contribution in [0, 0.1) is 0 Å². The van der Waals surface area contributed by atoms with Crippen LogP contribution in [0.3, 0.4) is 0 Å². The number of aromatic nitrogens is 1. The molecular weight excluding hydrogens is 282 g/mol. The Bertz CT molecular complexity index is 529. The topological polar surface area (TPSA) is 109 Å². The molecule has 0 aromatic carbocycles. The van der Waals surface area contributed by atoms with E-state index in [0.29, 0.717) is 38.5 Å². The van der Waals surface area contributed by atoms with Gasteiger partial charge in [-0.1, -0.05) is 6.07 Å². The molecule has 7 heteroatoms. The summed E-state index contributed by atoms with van der Waals surface area (Å²) in [5.41, 5.74) is 11.7. The van der Waals surface area contributed by atoms with Crippen LogP contribution in [0.2, 0.25) is 0 Å². The highest BCUT2D eigenvalue weighted by atomic mass is 16.3. The molecule has 1 amide bonds. The molecule has 1 saturated heterocycles. The lowest BCUT2D eigenvalue weighted by atomic mass is 10.1. The number of nitrogen functional groups attached to an aromatic ring is 1. The van der Waals surface area contributed by atoms with Crippen LogP contribution >= 0.6 is 0 Å². The fraction of sp³-hybridized carbons (Fsp3) is 0.600. The lowest BCUT2D eigenvalue weighted by Crippen LogP contribution is -2.53. The van der Waals surface area contributed by atoms with Crippen LogP contribution < -0.4 is 11.5 Å². The highest BCUT2D eigenvalue weighted by Gasteiger charge is 2.31. The van der Waals surface area contributed by atoms with Crippen LogP contribution in [0.1, 0.15) is 19.4 Å². The maximum atomic E-state index is 12.3. The highest BCUT2D eigenvalue weighted by Crippen LogP contribution is 2.14. The van der Waals surface area contributed by atoms with Crippen molar-refractivity contribution < 1.29 is 9.90 Å². The fourth-order valence-electron chi connectivity index (χ4n) is 2.62. The molecule has 7 nitrogen and oxygen atoms in total. The summed E-state index contributed by atoms with van der Waals surface area (Å²) in [6, 6.07) is 3.76. The monoisotopic (exact) mass is 307 g/mol. The number of rotatable bonds is 3. The zero-order chi connectivity index (χ0) is 16.3. The number of hydrogen-bond donors (Lipinski definition) is 3. The molecule has 1 aromatic heterocycles. The van der Waals surface area contributed by atoms with Gasteiger partial charge < -0.3 is 21.5 Å². The third-order valence-electron chi connectivity index (χ3n) is 3.74. The minimum atomic E-state index is -0.928. The van der Waals surface area contributed by atoms with Gasteiger partial charge in [-0.15, -0.1) is 0 Å². The van der Waals surface area contributed by atoms with Gasteiger partial charge >= 0.3 is 0 Å². The van der Waals surface area contributed by atoms with Crippen LogP contribution in [0.25, 0.3) is 0 Å². The zero-order valence-electron chi connectivity index (χ0n) is 13.2. The summed E-state index contributed by atoms with van der Waals surface area (Å²) in [5.74, 6) is 0.353. The minimum Gasteiger partial charge on any atom is -0.390 e. The number of β-amino-alcohol motifs (C(OH)–C–C–N with tert-alkyl or cyclic N) is 1. The van der Waals surface area contributed by atoms with E-state index in [1.54, 1.807) is 24.9 Å². The van der Waals surface area contributed by atoms with E-state index in [2.05, 4.69) is 9.88 Å². The summed E-state index contributed by atoms with van der Waals surface area (Å²) < 4.78 is 0. The van der Waals surface area contributed by atoms with Gasteiger partial charge in [-0.3, -0.25) is 9.69 Å². The smallest absolute Gasteiger partial charge is 0.242 e. The van der Waals surface area contributed by atoms with Crippen molar-refractivity contribution in [2.24, 2.45) is 5.73 Å². The van der Waals surface area contributed by atoms with Crippen molar-refractivity contribution in [1.29, 1.82) is 0 Å². The third-order valence-corrected chi connectivity index (χ3v) is 3.74. The number of anilines is 1. The van der Waals surface area contributed by atoms with Gasteiger partial charge in [-0.2, -0.15) is 0 Å². The van der Waals surface area contributed by atoms with E-state index >= 15 is 0 Å². The van der Waals surface area contributed by atoms with E-state index in [9.17, 15) is 9.90 Å². The van der Waals surface area contributed by atoms with Crippen LogP contribution in [-0.4, -0.2) is 63.6 Å². The molecule has 1 aliphatic heterocycles. The van der Waals surface area contributed by atoms with E-state index in [0.717, 1.165) is 5.56 Å². The van der Waals surface area contributed by atoms with Gasteiger partial charge in [-0.25, -0.2) is 4.98 Å². The van der Waals surface area contributed by atoms with E-state index in [-0.39, 0.29) is 5.91 Å². The maximum absolute atomic E-state index is 12.3. The Morgan fingerprint density at radius 3 is 2.82 bits per heavy atom. The highest BCUT2D eigenvalue weighted by molar-refractivity contribution is 5.85. The van der Waals surface area contributed by atoms with Crippen molar-refractivity contribution in [3.05, 3.63) is 23.9 Å². The molecule has 1 atom stereocenters. The number of carbonyl (C=O) groups is 1. The van der Waals surface area contributed by atoms with E-state index in [4.69, 9.17) is 11.5 Å². The van der Waals surface area contributed by atoms with Crippen molar-refractivity contribution in [2.45, 2.75) is 32.0 Å². The summed E-state index contributed by atoms with van der Waals surface area (Å²) in [6.45, 7) is 5.96. The first-order valence-corrected chi connectivity index (χ1v) is 7.45. The average molecular weight is 307 g/mol. The first-order chi connectivity index (χ1) is 10.3. The summed E-state index contributed by atoms with van der Waals surface area (Å²) in [6.07, 6.45) is 1.05. The fourth-order valence-corrected chi connectivity index (χ4v) is 2.62. The molecule has 0 bridgehead atoms. The Morgan fingerprint density at radius 1 is 1.45 bits per heavy atom. The molecule has 122 valence electrons. The molecule has 0 saturated carbocycles. The molecule has 5 N–H and O–H groups in total. The first-order valence-electron chi connectivity index (χ1n) is 7.45. The molecule has 2 rings (SSSR count). The number of hydrogen-bond acceptors (Lipinski definition) is 6. The van der Waals surface area contributed by atoms with Gasteiger partial charge in [0, 0.05) is 44.5 Å². The van der Waals surface area contributed by atoms with E-state index < -0.39 is 11.6 Å². The maximum Gasteiger partial charge on any atom is 0.242 e. The van der Waals surface area contributed by atoms with Crippen LogP contribution in [0.5, 0.6) is 0 Å². The predicted molar refractivity (Wildman–Crippen MR) is 84.8 cm³/mol. The second-order valence-electron chi connectivity index (χ2n) is 6.41. The van der Waals surface area contributed by atoms with Crippen molar-refractivity contribution in [3.8, 4) is 0 Å². The Morgan fingerprint density at radius 2 is 2.18 bits per heavy atom. The normalized spacial score (nSPS) is 20.7. The lowest BCUT2D eigenvalue weighted by Gasteiger charge is -2.28. The molecule has 22 heavy (non-hydrogen) atoms. The number of aliphatic hydroxyl groups excluding tert-OH is 1. The predicted octanol–water partition coefficient (Wildman–Crippen LogP) is -0.594. The molecule has 0 radical (unpaired) electrons. The van der Waals surface area contributed by atoms with Crippen LogP contribution in [0.15, 0.2) is 18.3 Å². The summed E-state index contributed by atoms with van der Waals surface area (Å²) >= 11 is 0. The molecule has 1 aromatic rings. The molecule has 1 aliphatic rings. The molecule has 1 unspecified atom stereocenters. The summed E-state index contributed by atoms with van der Waals surface area (Å²) in [4.78, 5) is 20.1. The standard InChI is InChI=1S/C15H25N5O2/c1-15(2,17)14(22)20-7-6-19(9-12(21)10-20)8-11-4-3-5-18-13(11)16/h3-5,12,21H,6-10,17H2,1-2H3,(H2,16,18). The number of nitrogens with zero attached hydrogens (tertiary/aromatic N) is 3. The number of amides is 1. The zero-order valence-corrected chi connectivity index (χ0v) is 13.2. The Kier molecular flexibility index (Phi) is 5.00. The molecule has 0 spiro atoms. The molecule has 1 fully saturated rings. The molecule has 0 aliphatic carbocycles. The van der Waals surface area contributed by atoms with E-state index in [1.165, 1.54) is 0 Å². The number of carbonyl (C=O) groups excluding carboxylic acids is 1. The second-order valence-corrected chi connectivity index (χ2v) is 6.41. The number of pyridine rings is 1. The number of nitrogens with two attached hydrogens (primary N) is 2. The molecular formula is C15H25N5O2. The summed E-state index contributed by atoms with van der Waals surface area (Å²) in [7, 11) is 0. The van der Waals surface area contributed by atoms with Gasteiger partial charge in [0.2, 0.25) is 5.91 Å². The SMILES string of the molecule is CC(C)(N)C(=O)N1CCN(Cc2cccnc2N)CC(O)C1. The number of aliphatic hydroxyl groups is 1. The van der Waals surface area contributed by atoms with Crippen molar-refractivity contribution in [3.63, 3.8) is 0 Å². The average Bonchev–Trinajstić information content (AvgIpc) is 2.61. The Hall–Kier alpha value is -1.70. The molecule has 2 heterocycles. The Balaban J connectivity index is 2.03. The Labute approximate surface area is 130 Å². The third kappa shape index (κ3) is 4.16. The summed E-state index contributed by atoms with van der Waals surface area (Å²) in [5, 5.41) is 10.2. The quantitative estimate of drug-likeness (QED) is 0.688. The lowest BCUT2D eigenvalue weighted by molar-refractivity contribution is -0.136. The van der Waals surface area contributed by atoms with Crippen molar-refractivity contribution in [2.75, 3.05) is 31.9 Å². The van der Waals surface area contributed by atoms with Gasteiger partial charge in [0.05, 0.1) is 11.6 Å². The van der Waals surface area contributed by atoms with Crippen molar-refractivity contribution in [1.82, 2.24) is 14.8 Å². The van der Waals surface area contributed by atoms with Gasteiger partial charge in [-0.05, 0) is 19.9 Å². The van der Waals surface area contributed by atoms with Crippen LogP contribution in [-0.2, 0) is 11.3 Å². The minimum absolute atomic E-state index is 0.144. The van der Waals surface area contributed by atoms with Crippen molar-refractivity contribution >= 4 is 11.7 Å². The van der Waals surface area contributed by atoms with Gasteiger partial charge in [0.15, 0.2) is 0 Å². The van der Waals surface area contributed by atoms with Gasteiger partial charge in [0.1, 0.15) is 5.82 Å².